The number of carbonyl (C=O) groups is 1. The average Bonchev–Trinajstić information content (AvgIpc) is 2.78. The molecule has 1 aliphatic heterocycles. The van der Waals surface area contributed by atoms with Crippen LogP contribution >= 0.6 is 23.2 Å². The fraction of sp³-hybridized carbons (Fsp3) is 0.357. The Morgan fingerprint density at radius 2 is 2.14 bits per heavy atom. The van der Waals surface area contributed by atoms with E-state index >= 15 is 0 Å². The van der Waals surface area contributed by atoms with Crippen LogP contribution in [0.15, 0.2) is 30.9 Å². The van der Waals surface area contributed by atoms with Gasteiger partial charge in [-0.25, -0.2) is 8.42 Å². The monoisotopic (exact) mass is 347 g/mol. The van der Waals surface area contributed by atoms with Crippen LogP contribution in [0, 0.1) is 0 Å². The van der Waals surface area contributed by atoms with Crippen LogP contribution in [0.3, 0.4) is 0 Å². The highest BCUT2D eigenvalue weighted by atomic mass is 35.5. The lowest BCUT2D eigenvalue weighted by molar-refractivity contribution is 0.0721. The van der Waals surface area contributed by atoms with Gasteiger partial charge in [0.05, 0.1) is 22.1 Å². The fourth-order valence-electron chi connectivity index (χ4n) is 2.37. The lowest BCUT2D eigenvalue weighted by Crippen LogP contribution is -2.41. The minimum absolute atomic E-state index is 0.0231. The summed E-state index contributed by atoms with van der Waals surface area (Å²) in [6, 6.07) is 4.29. The summed E-state index contributed by atoms with van der Waals surface area (Å²) in [6.07, 6.45) is 2.00. The van der Waals surface area contributed by atoms with Crippen LogP contribution in [-0.4, -0.2) is 43.3 Å². The molecular weight excluding hydrogens is 333 g/mol. The van der Waals surface area contributed by atoms with Gasteiger partial charge in [-0.1, -0.05) is 29.3 Å². The fourth-order valence-corrected chi connectivity index (χ4v) is 4.48. The summed E-state index contributed by atoms with van der Waals surface area (Å²) in [5.41, 5.74) is 0.273. The molecule has 0 aliphatic carbocycles. The number of benzene rings is 1. The zero-order valence-electron chi connectivity index (χ0n) is 11.3. The molecule has 1 aromatic rings. The van der Waals surface area contributed by atoms with Gasteiger partial charge in [-0.2, -0.15) is 0 Å². The molecule has 0 bridgehead atoms. The van der Waals surface area contributed by atoms with Crippen LogP contribution in [0.1, 0.15) is 16.8 Å². The summed E-state index contributed by atoms with van der Waals surface area (Å²) in [7, 11) is -3.08. The van der Waals surface area contributed by atoms with E-state index in [1.807, 2.05) is 0 Å². The van der Waals surface area contributed by atoms with Gasteiger partial charge in [0.2, 0.25) is 0 Å². The summed E-state index contributed by atoms with van der Waals surface area (Å²) >= 11 is 12.0. The van der Waals surface area contributed by atoms with Crippen LogP contribution in [0.4, 0.5) is 0 Å². The molecule has 0 spiro atoms. The maximum Gasteiger partial charge on any atom is 0.255 e. The predicted octanol–water partition coefficient (Wildman–Crippen LogP) is 2.81. The van der Waals surface area contributed by atoms with Gasteiger partial charge in [0.15, 0.2) is 9.84 Å². The van der Waals surface area contributed by atoms with Crippen molar-refractivity contribution in [2.75, 3.05) is 18.1 Å². The molecule has 1 amide bonds. The lowest BCUT2D eigenvalue weighted by Gasteiger charge is -2.27. The third kappa shape index (κ3) is 3.78. The minimum Gasteiger partial charge on any atom is -0.331 e. The molecule has 2 rings (SSSR count). The second kappa shape index (κ2) is 6.38. The predicted molar refractivity (Wildman–Crippen MR) is 84.8 cm³/mol. The van der Waals surface area contributed by atoms with Crippen molar-refractivity contribution in [2.45, 2.75) is 12.5 Å². The first kappa shape index (κ1) is 16.3. The lowest BCUT2D eigenvalue weighted by atomic mass is 10.1. The van der Waals surface area contributed by atoms with E-state index in [9.17, 15) is 13.2 Å². The van der Waals surface area contributed by atoms with Gasteiger partial charge in [0, 0.05) is 17.6 Å². The molecule has 1 atom stereocenters. The highest BCUT2D eigenvalue weighted by Crippen LogP contribution is 2.25. The van der Waals surface area contributed by atoms with Gasteiger partial charge in [-0.05, 0) is 24.6 Å². The van der Waals surface area contributed by atoms with E-state index in [1.165, 1.54) is 11.0 Å². The Labute approximate surface area is 134 Å². The zero-order valence-corrected chi connectivity index (χ0v) is 13.6. The van der Waals surface area contributed by atoms with E-state index in [4.69, 9.17) is 23.2 Å². The van der Waals surface area contributed by atoms with Gasteiger partial charge in [-0.3, -0.25) is 4.79 Å². The summed E-state index contributed by atoms with van der Waals surface area (Å²) in [4.78, 5) is 14.1. The zero-order chi connectivity index (χ0) is 15.6. The first-order valence-electron chi connectivity index (χ1n) is 6.41. The van der Waals surface area contributed by atoms with E-state index in [-0.39, 0.29) is 35.6 Å². The highest BCUT2D eigenvalue weighted by molar-refractivity contribution is 7.91. The summed E-state index contributed by atoms with van der Waals surface area (Å²) in [5, 5.41) is 0.694. The summed E-state index contributed by atoms with van der Waals surface area (Å²) in [6.45, 7) is 3.89. The molecule has 1 unspecified atom stereocenters. The van der Waals surface area contributed by atoms with Crippen molar-refractivity contribution >= 4 is 38.9 Å². The second-order valence-electron chi connectivity index (χ2n) is 4.93. The van der Waals surface area contributed by atoms with Crippen molar-refractivity contribution in [2.24, 2.45) is 0 Å². The molecular formula is C14H15Cl2NO3S. The molecule has 7 heteroatoms. The number of nitrogens with zero attached hydrogens (tertiary/aromatic N) is 1. The van der Waals surface area contributed by atoms with Crippen molar-refractivity contribution in [3.05, 3.63) is 46.5 Å². The van der Waals surface area contributed by atoms with Crippen LogP contribution < -0.4 is 0 Å². The molecule has 114 valence electrons. The highest BCUT2D eigenvalue weighted by Gasteiger charge is 2.34. The van der Waals surface area contributed by atoms with E-state index < -0.39 is 9.84 Å². The largest absolute Gasteiger partial charge is 0.331 e. The number of carbonyl (C=O) groups excluding carboxylic acids is 1. The van der Waals surface area contributed by atoms with Crippen LogP contribution in [-0.2, 0) is 9.84 Å². The maximum atomic E-state index is 12.6. The molecule has 0 radical (unpaired) electrons. The second-order valence-corrected chi connectivity index (χ2v) is 8.00. The maximum absolute atomic E-state index is 12.6. The van der Waals surface area contributed by atoms with Crippen molar-refractivity contribution in [1.29, 1.82) is 0 Å². The quantitative estimate of drug-likeness (QED) is 0.787. The molecule has 1 aromatic carbocycles. The van der Waals surface area contributed by atoms with Crippen molar-refractivity contribution in [1.82, 2.24) is 4.90 Å². The molecule has 1 fully saturated rings. The SMILES string of the molecule is C=CCN(C(=O)c1cc(Cl)ccc1Cl)C1CCS(=O)(=O)C1. The van der Waals surface area contributed by atoms with Crippen LogP contribution in [0.25, 0.3) is 0 Å². The number of sulfone groups is 1. The third-order valence-corrected chi connectivity index (χ3v) is 5.71. The Hall–Kier alpha value is -1.04. The van der Waals surface area contributed by atoms with E-state index in [0.29, 0.717) is 16.5 Å². The first-order valence-corrected chi connectivity index (χ1v) is 8.99. The van der Waals surface area contributed by atoms with E-state index in [1.54, 1.807) is 18.2 Å². The van der Waals surface area contributed by atoms with Gasteiger partial charge in [-0.15, -0.1) is 6.58 Å². The minimum atomic E-state index is -3.08. The smallest absolute Gasteiger partial charge is 0.255 e. The molecule has 0 N–H and O–H groups in total. The molecule has 0 aromatic heterocycles. The number of hydrogen-bond acceptors (Lipinski definition) is 3. The van der Waals surface area contributed by atoms with E-state index in [2.05, 4.69) is 6.58 Å². The number of rotatable bonds is 4. The molecule has 1 saturated heterocycles. The Balaban J connectivity index is 2.32. The van der Waals surface area contributed by atoms with Crippen molar-refractivity contribution < 1.29 is 13.2 Å². The van der Waals surface area contributed by atoms with Crippen molar-refractivity contribution in [3.63, 3.8) is 0 Å². The summed E-state index contributed by atoms with van der Waals surface area (Å²) < 4.78 is 23.2. The average molecular weight is 348 g/mol. The Kier molecular flexibility index (Phi) is 4.96. The third-order valence-electron chi connectivity index (χ3n) is 3.39. The van der Waals surface area contributed by atoms with Gasteiger partial charge < -0.3 is 4.90 Å². The van der Waals surface area contributed by atoms with Gasteiger partial charge in [0.25, 0.3) is 5.91 Å². The van der Waals surface area contributed by atoms with Gasteiger partial charge in [0.1, 0.15) is 0 Å². The van der Waals surface area contributed by atoms with Crippen molar-refractivity contribution in [3.8, 4) is 0 Å². The normalized spacial score (nSPS) is 20.2. The molecule has 21 heavy (non-hydrogen) atoms. The van der Waals surface area contributed by atoms with Crippen LogP contribution in [0.5, 0.6) is 0 Å². The number of amides is 1. The molecule has 0 saturated carbocycles. The number of halogens is 2. The molecule has 1 aliphatic rings. The topological polar surface area (TPSA) is 54.5 Å². The first-order chi connectivity index (χ1) is 9.84. The summed E-state index contributed by atoms with van der Waals surface area (Å²) in [5.74, 6) is -0.253. The Morgan fingerprint density at radius 3 is 2.71 bits per heavy atom. The number of hydrogen-bond donors (Lipinski definition) is 0. The Morgan fingerprint density at radius 1 is 1.43 bits per heavy atom. The standard InChI is InChI=1S/C14H15Cl2NO3S/c1-2-6-17(11-5-7-21(19,20)9-11)14(18)12-8-10(15)3-4-13(12)16/h2-4,8,11H,1,5-7,9H2. The molecule has 1 heterocycles. The van der Waals surface area contributed by atoms with E-state index in [0.717, 1.165) is 0 Å². The molecule has 4 nitrogen and oxygen atoms in total. The van der Waals surface area contributed by atoms with Crippen LogP contribution in [0.2, 0.25) is 10.0 Å². The van der Waals surface area contributed by atoms with Gasteiger partial charge >= 0.3 is 0 Å². The Bertz CT molecular complexity index is 673.